The van der Waals surface area contributed by atoms with Crippen LogP contribution in [-0.2, 0) is 0 Å². The molecule has 1 aliphatic rings. The van der Waals surface area contributed by atoms with Crippen molar-refractivity contribution >= 4 is 11.6 Å². The maximum Gasteiger partial charge on any atom is 0.259 e. The van der Waals surface area contributed by atoms with Gasteiger partial charge in [0.2, 0.25) is 0 Å². The Morgan fingerprint density at radius 3 is 2.67 bits per heavy atom. The molecule has 1 amide bonds. The van der Waals surface area contributed by atoms with Crippen LogP contribution in [0.4, 0.5) is 10.1 Å². The van der Waals surface area contributed by atoms with Gasteiger partial charge < -0.3 is 14.8 Å². The summed E-state index contributed by atoms with van der Waals surface area (Å²) >= 11 is 0. The fourth-order valence-corrected chi connectivity index (χ4v) is 2.47. The van der Waals surface area contributed by atoms with Crippen molar-refractivity contribution in [3.05, 3.63) is 53.8 Å². The van der Waals surface area contributed by atoms with E-state index in [1.807, 2.05) is 6.07 Å². The molecule has 2 aromatic rings. The SMILES string of the molecule is CCOc1ccc(NC(=O)c2ccccc2OC2CCC2)cc1F. The van der Waals surface area contributed by atoms with Crippen LogP contribution in [0.15, 0.2) is 42.5 Å². The zero-order valence-corrected chi connectivity index (χ0v) is 13.5. The number of nitrogens with one attached hydrogen (secondary N) is 1. The number of carbonyl (C=O) groups excluding carboxylic acids is 1. The molecule has 0 heterocycles. The van der Waals surface area contributed by atoms with E-state index in [0.717, 1.165) is 19.3 Å². The van der Waals surface area contributed by atoms with Crippen molar-refractivity contribution in [1.29, 1.82) is 0 Å². The largest absolute Gasteiger partial charge is 0.491 e. The molecule has 126 valence electrons. The molecule has 0 unspecified atom stereocenters. The van der Waals surface area contributed by atoms with Gasteiger partial charge in [-0.2, -0.15) is 0 Å². The minimum atomic E-state index is -0.506. The van der Waals surface area contributed by atoms with Crippen molar-refractivity contribution in [2.45, 2.75) is 32.3 Å². The summed E-state index contributed by atoms with van der Waals surface area (Å²) in [4.78, 5) is 12.5. The summed E-state index contributed by atoms with van der Waals surface area (Å²) in [5.41, 5.74) is 0.818. The third-order valence-corrected chi connectivity index (χ3v) is 3.97. The molecule has 0 spiro atoms. The average Bonchev–Trinajstić information content (AvgIpc) is 2.54. The maximum atomic E-state index is 13.9. The second-order valence-corrected chi connectivity index (χ2v) is 5.70. The highest BCUT2D eigenvalue weighted by atomic mass is 19.1. The number of hydrogen-bond acceptors (Lipinski definition) is 3. The van der Waals surface area contributed by atoms with E-state index in [0.29, 0.717) is 23.6 Å². The van der Waals surface area contributed by atoms with Crippen LogP contribution in [0.2, 0.25) is 0 Å². The summed E-state index contributed by atoms with van der Waals surface area (Å²) in [6, 6.07) is 11.5. The van der Waals surface area contributed by atoms with Gasteiger partial charge in [0.25, 0.3) is 5.91 Å². The zero-order valence-electron chi connectivity index (χ0n) is 13.5. The molecule has 1 aliphatic carbocycles. The molecule has 1 saturated carbocycles. The van der Waals surface area contributed by atoms with E-state index in [1.54, 1.807) is 31.2 Å². The lowest BCUT2D eigenvalue weighted by atomic mass is 9.96. The number of amides is 1. The molecule has 0 aliphatic heterocycles. The van der Waals surface area contributed by atoms with Crippen LogP contribution in [0.5, 0.6) is 11.5 Å². The summed E-state index contributed by atoms with van der Waals surface area (Å²) in [6.45, 7) is 2.17. The molecule has 2 aromatic carbocycles. The van der Waals surface area contributed by atoms with Gasteiger partial charge in [-0.3, -0.25) is 4.79 Å². The van der Waals surface area contributed by atoms with E-state index < -0.39 is 5.82 Å². The molecule has 1 N–H and O–H groups in total. The van der Waals surface area contributed by atoms with Crippen molar-refractivity contribution in [2.24, 2.45) is 0 Å². The number of para-hydroxylation sites is 1. The van der Waals surface area contributed by atoms with Crippen LogP contribution in [0.25, 0.3) is 0 Å². The fourth-order valence-electron chi connectivity index (χ4n) is 2.47. The van der Waals surface area contributed by atoms with Gasteiger partial charge in [0, 0.05) is 11.8 Å². The molecule has 3 rings (SSSR count). The molecule has 0 bridgehead atoms. The quantitative estimate of drug-likeness (QED) is 0.854. The number of carbonyl (C=O) groups is 1. The van der Waals surface area contributed by atoms with Gasteiger partial charge in [0.1, 0.15) is 5.75 Å². The summed E-state index contributed by atoms with van der Waals surface area (Å²) in [5.74, 6) is -0.0996. The first kappa shape index (κ1) is 16.3. The molecule has 1 fully saturated rings. The fraction of sp³-hybridized carbons (Fsp3) is 0.316. The third-order valence-electron chi connectivity index (χ3n) is 3.97. The van der Waals surface area contributed by atoms with Gasteiger partial charge in [-0.05, 0) is 50.5 Å². The summed E-state index contributed by atoms with van der Waals surface area (Å²) in [7, 11) is 0. The van der Waals surface area contributed by atoms with Crippen molar-refractivity contribution < 1.29 is 18.7 Å². The Kier molecular flexibility index (Phi) is 4.99. The molecule has 0 aromatic heterocycles. The van der Waals surface area contributed by atoms with E-state index in [1.165, 1.54) is 12.1 Å². The monoisotopic (exact) mass is 329 g/mol. The molecular formula is C19H20FNO3. The van der Waals surface area contributed by atoms with Crippen molar-refractivity contribution in [3.8, 4) is 11.5 Å². The van der Waals surface area contributed by atoms with E-state index in [9.17, 15) is 9.18 Å². The van der Waals surface area contributed by atoms with Gasteiger partial charge in [-0.15, -0.1) is 0 Å². The molecule has 0 saturated heterocycles. The van der Waals surface area contributed by atoms with Crippen LogP contribution in [0.3, 0.4) is 0 Å². The lowest BCUT2D eigenvalue weighted by molar-refractivity contribution is 0.0992. The van der Waals surface area contributed by atoms with Crippen molar-refractivity contribution in [1.82, 2.24) is 0 Å². The van der Waals surface area contributed by atoms with Gasteiger partial charge in [-0.25, -0.2) is 4.39 Å². The van der Waals surface area contributed by atoms with E-state index in [-0.39, 0.29) is 17.8 Å². The Hall–Kier alpha value is -2.56. The lowest BCUT2D eigenvalue weighted by Gasteiger charge is -2.27. The number of anilines is 1. The highest BCUT2D eigenvalue weighted by Crippen LogP contribution is 2.28. The third kappa shape index (κ3) is 3.67. The summed E-state index contributed by atoms with van der Waals surface area (Å²) < 4.78 is 24.9. The number of ether oxygens (including phenoxy) is 2. The molecular weight excluding hydrogens is 309 g/mol. The van der Waals surface area contributed by atoms with E-state index in [2.05, 4.69) is 5.32 Å². The zero-order chi connectivity index (χ0) is 16.9. The van der Waals surface area contributed by atoms with Crippen LogP contribution in [0.1, 0.15) is 36.5 Å². The van der Waals surface area contributed by atoms with Crippen LogP contribution in [0, 0.1) is 5.82 Å². The van der Waals surface area contributed by atoms with Crippen molar-refractivity contribution in [3.63, 3.8) is 0 Å². The maximum absolute atomic E-state index is 13.9. The number of rotatable bonds is 6. The van der Waals surface area contributed by atoms with Crippen LogP contribution >= 0.6 is 0 Å². The Morgan fingerprint density at radius 2 is 2.00 bits per heavy atom. The normalized spacial score (nSPS) is 13.9. The molecule has 0 atom stereocenters. The predicted octanol–water partition coefficient (Wildman–Crippen LogP) is 4.41. The first-order valence-corrected chi connectivity index (χ1v) is 8.16. The predicted molar refractivity (Wildman–Crippen MR) is 90.2 cm³/mol. The minimum absolute atomic E-state index is 0.171. The number of hydrogen-bond donors (Lipinski definition) is 1. The van der Waals surface area contributed by atoms with Gasteiger partial charge in [0.05, 0.1) is 18.3 Å². The van der Waals surface area contributed by atoms with Gasteiger partial charge in [0.15, 0.2) is 11.6 Å². The van der Waals surface area contributed by atoms with Gasteiger partial charge in [-0.1, -0.05) is 12.1 Å². The second kappa shape index (κ2) is 7.34. The van der Waals surface area contributed by atoms with Gasteiger partial charge >= 0.3 is 0 Å². The standard InChI is InChI=1S/C19H20FNO3/c1-2-23-18-11-10-13(12-16(18)20)21-19(22)15-8-3-4-9-17(15)24-14-6-5-7-14/h3-4,8-12,14H,2,5-7H2,1H3,(H,21,22). The topological polar surface area (TPSA) is 47.6 Å². The molecule has 4 nitrogen and oxygen atoms in total. The molecule has 0 radical (unpaired) electrons. The summed E-state index contributed by atoms with van der Waals surface area (Å²) in [6.07, 6.45) is 3.37. The number of halogens is 1. The lowest BCUT2D eigenvalue weighted by Crippen LogP contribution is -2.26. The van der Waals surface area contributed by atoms with Crippen molar-refractivity contribution in [2.75, 3.05) is 11.9 Å². The molecule has 24 heavy (non-hydrogen) atoms. The molecule has 5 heteroatoms. The first-order valence-electron chi connectivity index (χ1n) is 8.16. The van der Waals surface area contributed by atoms with E-state index >= 15 is 0 Å². The highest BCUT2D eigenvalue weighted by molar-refractivity contribution is 6.06. The Labute approximate surface area is 140 Å². The van der Waals surface area contributed by atoms with Crippen LogP contribution < -0.4 is 14.8 Å². The Bertz CT molecular complexity index is 728. The van der Waals surface area contributed by atoms with E-state index in [4.69, 9.17) is 9.47 Å². The minimum Gasteiger partial charge on any atom is -0.491 e. The Balaban J connectivity index is 1.74. The van der Waals surface area contributed by atoms with Crippen LogP contribution in [-0.4, -0.2) is 18.6 Å². The summed E-state index contributed by atoms with van der Waals surface area (Å²) in [5, 5.41) is 2.70. The number of benzene rings is 2. The smallest absolute Gasteiger partial charge is 0.259 e. The average molecular weight is 329 g/mol. The Morgan fingerprint density at radius 1 is 1.21 bits per heavy atom. The first-order chi connectivity index (χ1) is 11.7. The second-order valence-electron chi connectivity index (χ2n) is 5.70. The highest BCUT2D eigenvalue weighted by Gasteiger charge is 2.22.